The van der Waals surface area contributed by atoms with E-state index in [1.54, 1.807) is 6.20 Å². The average molecular weight is 206 g/mol. The van der Waals surface area contributed by atoms with E-state index >= 15 is 0 Å². The number of anilines is 2. The van der Waals surface area contributed by atoms with Crippen molar-refractivity contribution in [2.75, 3.05) is 23.7 Å². The van der Waals surface area contributed by atoms with Crippen LogP contribution in [0.3, 0.4) is 0 Å². The van der Waals surface area contributed by atoms with E-state index in [0.717, 1.165) is 30.6 Å². The van der Waals surface area contributed by atoms with Crippen LogP contribution in [-0.2, 0) is 0 Å². The highest BCUT2D eigenvalue weighted by Crippen LogP contribution is 2.20. The maximum absolute atomic E-state index is 5.70. The predicted molar refractivity (Wildman–Crippen MR) is 61.8 cm³/mol. The van der Waals surface area contributed by atoms with E-state index in [1.807, 2.05) is 6.92 Å². The van der Waals surface area contributed by atoms with Crippen LogP contribution >= 0.6 is 0 Å². The van der Waals surface area contributed by atoms with Crippen LogP contribution in [0.15, 0.2) is 6.20 Å². The first kappa shape index (κ1) is 10.2. The quantitative estimate of drug-likeness (QED) is 0.758. The fraction of sp³-hybridized carbons (Fsp3) is 0.636. The fourth-order valence-corrected chi connectivity index (χ4v) is 1.83. The Kier molecular flexibility index (Phi) is 2.75. The summed E-state index contributed by atoms with van der Waals surface area (Å²) in [6, 6.07) is 0. The Balaban J connectivity index is 2.12. The van der Waals surface area contributed by atoms with E-state index in [1.165, 1.54) is 12.8 Å². The molecule has 0 aliphatic carbocycles. The monoisotopic (exact) mass is 206 g/mol. The van der Waals surface area contributed by atoms with Gasteiger partial charge < -0.3 is 10.6 Å². The number of hydrogen-bond acceptors (Lipinski definition) is 4. The molecule has 4 heteroatoms. The van der Waals surface area contributed by atoms with Crippen LogP contribution < -0.4 is 10.6 Å². The summed E-state index contributed by atoms with van der Waals surface area (Å²) in [5.41, 5.74) is 7.24. The van der Waals surface area contributed by atoms with Crippen molar-refractivity contribution >= 4 is 11.6 Å². The molecule has 1 aromatic rings. The zero-order chi connectivity index (χ0) is 10.8. The lowest BCUT2D eigenvalue weighted by molar-refractivity contribution is 0.434. The maximum Gasteiger partial charge on any atom is 0.225 e. The lowest BCUT2D eigenvalue weighted by Gasteiger charge is -2.30. The van der Waals surface area contributed by atoms with Crippen molar-refractivity contribution in [1.82, 2.24) is 9.97 Å². The number of aryl methyl sites for hydroxylation is 1. The van der Waals surface area contributed by atoms with E-state index in [4.69, 9.17) is 5.73 Å². The summed E-state index contributed by atoms with van der Waals surface area (Å²) in [6.45, 7) is 6.34. The number of hydrogen-bond donors (Lipinski definition) is 1. The van der Waals surface area contributed by atoms with Crippen molar-refractivity contribution in [3.8, 4) is 0 Å². The van der Waals surface area contributed by atoms with Crippen molar-refractivity contribution in [2.45, 2.75) is 26.7 Å². The van der Waals surface area contributed by atoms with Crippen LogP contribution in [0.1, 0.15) is 25.5 Å². The summed E-state index contributed by atoms with van der Waals surface area (Å²) < 4.78 is 0. The van der Waals surface area contributed by atoms with Gasteiger partial charge >= 0.3 is 0 Å². The molecule has 0 aromatic carbocycles. The highest BCUT2D eigenvalue weighted by Gasteiger charge is 2.18. The molecule has 4 nitrogen and oxygen atoms in total. The Morgan fingerprint density at radius 1 is 1.40 bits per heavy atom. The van der Waals surface area contributed by atoms with Gasteiger partial charge in [0.2, 0.25) is 5.95 Å². The summed E-state index contributed by atoms with van der Waals surface area (Å²) in [4.78, 5) is 10.9. The molecule has 1 aliphatic heterocycles. The van der Waals surface area contributed by atoms with Crippen LogP contribution in [0.4, 0.5) is 11.6 Å². The molecule has 82 valence electrons. The van der Waals surface area contributed by atoms with Gasteiger partial charge in [0.05, 0.1) is 17.6 Å². The molecule has 2 N–H and O–H groups in total. The van der Waals surface area contributed by atoms with Crippen LogP contribution in [0.25, 0.3) is 0 Å². The molecule has 2 rings (SSSR count). The number of nitrogens with two attached hydrogens (primary N) is 1. The van der Waals surface area contributed by atoms with Gasteiger partial charge in [0.1, 0.15) is 0 Å². The van der Waals surface area contributed by atoms with Gasteiger partial charge in [-0.1, -0.05) is 6.92 Å². The first-order valence-corrected chi connectivity index (χ1v) is 5.51. The number of nitrogen functional groups attached to an aromatic ring is 1. The number of nitrogens with zero attached hydrogens (tertiary/aromatic N) is 3. The van der Waals surface area contributed by atoms with Crippen LogP contribution in [0.2, 0.25) is 0 Å². The summed E-state index contributed by atoms with van der Waals surface area (Å²) in [6.07, 6.45) is 4.16. The van der Waals surface area contributed by atoms with Gasteiger partial charge in [-0.25, -0.2) is 9.97 Å². The van der Waals surface area contributed by atoms with Crippen LogP contribution in [-0.4, -0.2) is 23.1 Å². The molecule has 0 spiro atoms. The van der Waals surface area contributed by atoms with Gasteiger partial charge in [0.25, 0.3) is 0 Å². The third-order valence-electron chi connectivity index (χ3n) is 3.07. The molecule has 0 bridgehead atoms. The zero-order valence-corrected chi connectivity index (χ0v) is 9.40. The predicted octanol–water partition coefficient (Wildman–Crippen LogP) is 1.60. The Morgan fingerprint density at radius 2 is 2.07 bits per heavy atom. The van der Waals surface area contributed by atoms with E-state index in [0.29, 0.717) is 5.69 Å². The molecule has 15 heavy (non-hydrogen) atoms. The highest BCUT2D eigenvalue weighted by molar-refractivity contribution is 5.44. The molecule has 1 aliphatic rings. The minimum Gasteiger partial charge on any atom is -0.396 e. The number of rotatable bonds is 1. The maximum atomic E-state index is 5.70. The van der Waals surface area contributed by atoms with Crippen molar-refractivity contribution < 1.29 is 0 Å². The molecule has 0 atom stereocenters. The largest absolute Gasteiger partial charge is 0.396 e. The lowest BCUT2D eigenvalue weighted by atomic mass is 10.00. The normalized spacial score (nSPS) is 18.1. The first-order valence-electron chi connectivity index (χ1n) is 5.51. The van der Waals surface area contributed by atoms with Gasteiger partial charge in [-0.05, 0) is 25.7 Å². The molecule has 0 radical (unpaired) electrons. The Labute approximate surface area is 90.5 Å². The van der Waals surface area contributed by atoms with Crippen LogP contribution in [0, 0.1) is 12.8 Å². The van der Waals surface area contributed by atoms with Crippen molar-refractivity contribution in [3.05, 3.63) is 11.9 Å². The first-order chi connectivity index (χ1) is 7.16. The second-order valence-electron chi connectivity index (χ2n) is 4.38. The Hall–Kier alpha value is -1.32. The standard InChI is InChI=1S/C11H18N4/c1-8-3-5-15(6-4-8)11-13-7-10(12)9(2)14-11/h7-8H,3-6,12H2,1-2H3. The van der Waals surface area contributed by atoms with Gasteiger partial charge in [0, 0.05) is 13.1 Å². The summed E-state index contributed by atoms with van der Waals surface area (Å²) in [5.74, 6) is 1.66. The van der Waals surface area contributed by atoms with E-state index < -0.39 is 0 Å². The van der Waals surface area contributed by atoms with Gasteiger partial charge in [-0.3, -0.25) is 0 Å². The minimum absolute atomic E-state index is 0.670. The van der Waals surface area contributed by atoms with Crippen molar-refractivity contribution in [1.29, 1.82) is 0 Å². The smallest absolute Gasteiger partial charge is 0.225 e. The second-order valence-corrected chi connectivity index (χ2v) is 4.38. The lowest BCUT2D eigenvalue weighted by Crippen LogP contribution is -2.34. The minimum atomic E-state index is 0.670. The SMILES string of the molecule is Cc1nc(N2CCC(C)CC2)ncc1N. The van der Waals surface area contributed by atoms with Crippen molar-refractivity contribution in [3.63, 3.8) is 0 Å². The Morgan fingerprint density at radius 3 is 2.67 bits per heavy atom. The molecule has 0 unspecified atom stereocenters. The molecule has 1 aromatic heterocycles. The summed E-state index contributed by atoms with van der Waals surface area (Å²) in [7, 11) is 0. The van der Waals surface area contributed by atoms with Gasteiger partial charge in [-0.15, -0.1) is 0 Å². The Bertz CT molecular complexity index is 342. The van der Waals surface area contributed by atoms with E-state index in [9.17, 15) is 0 Å². The topological polar surface area (TPSA) is 55.0 Å². The van der Waals surface area contributed by atoms with E-state index in [-0.39, 0.29) is 0 Å². The molecule has 1 saturated heterocycles. The highest BCUT2D eigenvalue weighted by atomic mass is 15.3. The number of piperidine rings is 1. The molecular formula is C11H18N4. The van der Waals surface area contributed by atoms with Gasteiger partial charge in [-0.2, -0.15) is 0 Å². The van der Waals surface area contributed by atoms with Crippen molar-refractivity contribution in [2.24, 2.45) is 5.92 Å². The summed E-state index contributed by atoms with van der Waals surface area (Å²) >= 11 is 0. The average Bonchev–Trinajstić information content (AvgIpc) is 2.23. The molecule has 0 amide bonds. The molecular weight excluding hydrogens is 188 g/mol. The fourth-order valence-electron chi connectivity index (χ4n) is 1.83. The van der Waals surface area contributed by atoms with E-state index in [2.05, 4.69) is 21.8 Å². The molecule has 1 fully saturated rings. The molecule has 2 heterocycles. The third kappa shape index (κ3) is 2.19. The molecule has 0 saturated carbocycles. The zero-order valence-electron chi connectivity index (χ0n) is 9.40. The van der Waals surface area contributed by atoms with Crippen LogP contribution in [0.5, 0.6) is 0 Å². The van der Waals surface area contributed by atoms with Gasteiger partial charge in [0.15, 0.2) is 0 Å². The summed E-state index contributed by atoms with van der Waals surface area (Å²) in [5, 5.41) is 0. The number of aromatic nitrogens is 2. The third-order valence-corrected chi connectivity index (χ3v) is 3.07. The second kappa shape index (κ2) is 4.04.